The van der Waals surface area contributed by atoms with E-state index in [-0.39, 0.29) is 5.91 Å². The number of anilines is 1. The van der Waals surface area contributed by atoms with E-state index < -0.39 is 0 Å². The monoisotopic (exact) mass is 232 g/mol. The third-order valence-corrected chi connectivity index (χ3v) is 3.49. The lowest BCUT2D eigenvalue weighted by Crippen LogP contribution is -2.47. The summed E-state index contributed by atoms with van der Waals surface area (Å²) in [6.45, 7) is 4.61. The number of para-hydroxylation sites is 1. The molecule has 3 nitrogen and oxygen atoms in total. The Morgan fingerprint density at radius 2 is 2.06 bits per heavy atom. The molecule has 3 heteroatoms. The van der Waals surface area contributed by atoms with E-state index in [9.17, 15) is 4.79 Å². The van der Waals surface area contributed by atoms with Gasteiger partial charge in [0, 0.05) is 24.7 Å². The van der Waals surface area contributed by atoms with Crippen LogP contribution in [-0.2, 0) is 11.3 Å². The van der Waals surface area contributed by atoms with Gasteiger partial charge in [-0.1, -0.05) is 18.2 Å². The fourth-order valence-corrected chi connectivity index (χ4v) is 2.18. The van der Waals surface area contributed by atoms with Crippen molar-refractivity contribution in [2.45, 2.75) is 45.2 Å². The van der Waals surface area contributed by atoms with E-state index in [4.69, 9.17) is 0 Å². The molecular formula is C14H20N2O. The average Bonchev–Trinajstić information content (AvgIpc) is 2.25. The predicted molar refractivity (Wildman–Crippen MR) is 69.8 cm³/mol. The zero-order chi connectivity index (χ0) is 12.3. The highest BCUT2D eigenvalue weighted by atomic mass is 16.1. The standard InChI is InChI=1S/C14H20N2O/c1-11(17)16-13-7-4-3-6-12(13)10-15-14(2)8-5-9-14/h3-4,6-7,15H,5,8-10H2,1-2H3,(H,16,17). The van der Waals surface area contributed by atoms with Crippen molar-refractivity contribution in [2.75, 3.05) is 5.32 Å². The van der Waals surface area contributed by atoms with E-state index in [0.717, 1.165) is 17.8 Å². The predicted octanol–water partition coefficient (Wildman–Crippen LogP) is 2.68. The smallest absolute Gasteiger partial charge is 0.221 e. The number of hydrogen-bond acceptors (Lipinski definition) is 2. The van der Waals surface area contributed by atoms with Gasteiger partial charge < -0.3 is 10.6 Å². The first kappa shape index (κ1) is 12.1. The van der Waals surface area contributed by atoms with Crippen LogP contribution in [0.1, 0.15) is 38.7 Å². The Balaban J connectivity index is 2.01. The quantitative estimate of drug-likeness (QED) is 0.838. The molecule has 1 aliphatic carbocycles. The van der Waals surface area contributed by atoms with Gasteiger partial charge in [0.25, 0.3) is 0 Å². The molecule has 0 aromatic heterocycles. The average molecular weight is 232 g/mol. The number of benzene rings is 1. The normalized spacial score (nSPS) is 17.3. The van der Waals surface area contributed by atoms with E-state index in [0.29, 0.717) is 5.54 Å². The second-order valence-electron chi connectivity index (χ2n) is 5.11. The van der Waals surface area contributed by atoms with Crippen LogP contribution in [0.15, 0.2) is 24.3 Å². The van der Waals surface area contributed by atoms with Gasteiger partial charge in [0.15, 0.2) is 0 Å². The maximum absolute atomic E-state index is 11.1. The van der Waals surface area contributed by atoms with E-state index in [2.05, 4.69) is 23.6 Å². The minimum Gasteiger partial charge on any atom is -0.326 e. The first-order valence-electron chi connectivity index (χ1n) is 6.20. The van der Waals surface area contributed by atoms with Crippen molar-refractivity contribution in [3.8, 4) is 0 Å². The van der Waals surface area contributed by atoms with Gasteiger partial charge in [0.2, 0.25) is 5.91 Å². The van der Waals surface area contributed by atoms with Crippen molar-refractivity contribution in [3.63, 3.8) is 0 Å². The Bertz CT molecular complexity index is 410. The lowest BCUT2D eigenvalue weighted by molar-refractivity contribution is -0.114. The van der Waals surface area contributed by atoms with Crippen molar-refractivity contribution < 1.29 is 4.79 Å². The minimum atomic E-state index is -0.0210. The van der Waals surface area contributed by atoms with Crippen LogP contribution < -0.4 is 10.6 Å². The van der Waals surface area contributed by atoms with Crippen LogP contribution >= 0.6 is 0 Å². The molecule has 17 heavy (non-hydrogen) atoms. The molecule has 2 N–H and O–H groups in total. The van der Waals surface area contributed by atoms with Crippen LogP contribution in [0.5, 0.6) is 0 Å². The molecular weight excluding hydrogens is 212 g/mol. The van der Waals surface area contributed by atoms with E-state index in [1.165, 1.54) is 26.2 Å². The maximum Gasteiger partial charge on any atom is 0.221 e. The first-order chi connectivity index (χ1) is 8.09. The number of nitrogens with one attached hydrogen (secondary N) is 2. The summed E-state index contributed by atoms with van der Waals surface area (Å²) in [5.74, 6) is -0.0210. The minimum absolute atomic E-state index is 0.0210. The molecule has 1 saturated carbocycles. The molecule has 1 aliphatic rings. The Morgan fingerprint density at radius 3 is 2.65 bits per heavy atom. The molecule has 0 heterocycles. The fraction of sp³-hybridized carbons (Fsp3) is 0.500. The molecule has 1 aromatic rings. The second kappa shape index (κ2) is 4.88. The Kier molecular flexibility index (Phi) is 3.48. The summed E-state index contributed by atoms with van der Waals surface area (Å²) in [4.78, 5) is 11.1. The lowest BCUT2D eigenvalue weighted by atomic mass is 9.78. The summed E-state index contributed by atoms with van der Waals surface area (Å²) in [6, 6.07) is 7.95. The lowest BCUT2D eigenvalue weighted by Gasteiger charge is -2.39. The summed E-state index contributed by atoms with van der Waals surface area (Å²) in [6.07, 6.45) is 3.81. The van der Waals surface area contributed by atoms with Crippen molar-refractivity contribution in [1.82, 2.24) is 5.32 Å². The van der Waals surface area contributed by atoms with Gasteiger partial charge in [-0.25, -0.2) is 0 Å². The van der Waals surface area contributed by atoms with Crippen molar-refractivity contribution >= 4 is 11.6 Å². The molecule has 1 amide bonds. The zero-order valence-corrected chi connectivity index (χ0v) is 10.5. The van der Waals surface area contributed by atoms with E-state index in [1.54, 1.807) is 0 Å². The fourth-order valence-electron chi connectivity index (χ4n) is 2.18. The van der Waals surface area contributed by atoms with Crippen molar-refractivity contribution in [3.05, 3.63) is 29.8 Å². The van der Waals surface area contributed by atoms with Crippen LogP contribution in [-0.4, -0.2) is 11.4 Å². The highest BCUT2D eigenvalue weighted by molar-refractivity contribution is 5.89. The van der Waals surface area contributed by atoms with Gasteiger partial charge in [-0.2, -0.15) is 0 Å². The third kappa shape index (κ3) is 3.07. The number of hydrogen-bond donors (Lipinski definition) is 2. The molecule has 1 fully saturated rings. The van der Waals surface area contributed by atoms with Crippen LogP contribution in [0.2, 0.25) is 0 Å². The van der Waals surface area contributed by atoms with Crippen LogP contribution in [0, 0.1) is 0 Å². The van der Waals surface area contributed by atoms with Crippen molar-refractivity contribution in [1.29, 1.82) is 0 Å². The van der Waals surface area contributed by atoms with Gasteiger partial charge in [0.05, 0.1) is 0 Å². The van der Waals surface area contributed by atoms with Gasteiger partial charge in [0.1, 0.15) is 0 Å². The van der Waals surface area contributed by atoms with Gasteiger partial charge in [-0.15, -0.1) is 0 Å². The molecule has 0 radical (unpaired) electrons. The summed E-state index contributed by atoms with van der Waals surface area (Å²) in [5.41, 5.74) is 2.36. The highest BCUT2D eigenvalue weighted by Crippen LogP contribution is 2.31. The van der Waals surface area contributed by atoms with Gasteiger partial charge in [-0.05, 0) is 37.8 Å². The Labute approximate surface area is 103 Å². The molecule has 0 unspecified atom stereocenters. The largest absolute Gasteiger partial charge is 0.326 e. The molecule has 0 bridgehead atoms. The van der Waals surface area contributed by atoms with Crippen LogP contribution in [0.3, 0.4) is 0 Å². The highest BCUT2D eigenvalue weighted by Gasteiger charge is 2.30. The number of carbonyl (C=O) groups is 1. The molecule has 0 saturated heterocycles. The molecule has 0 aliphatic heterocycles. The van der Waals surface area contributed by atoms with E-state index >= 15 is 0 Å². The van der Waals surface area contributed by atoms with Gasteiger partial charge in [-0.3, -0.25) is 4.79 Å². The zero-order valence-electron chi connectivity index (χ0n) is 10.5. The Hall–Kier alpha value is -1.35. The van der Waals surface area contributed by atoms with Crippen molar-refractivity contribution in [2.24, 2.45) is 0 Å². The molecule has 2 rings (SSSR count). The molecule has 0 atom stereocenters. The maximum atomic E-state index is 11.1. The SMILES string of the molecule is CC(=O)Nc1ccccc1CNC1(C)CCC1. The number of rotatable bonds is 4. The summed E-state index contributed by atoms with van der Waals surface area (Å²) >= 11 is 0. The van der Waals surface area contributed by atoms with Crippen LogP contribution in [0.4, 0.5) is 5.69 Å². The summed E-state index contributed by atoms with van der Waals surface area (Å²) in [5, 5.41) is 6.44. The van der Waals surface area contributed by atoms with Crippen LogP contribution in [0.25, 0.3) is 0 Å². The molecule has 0 spiro atoms. The van der Waals surface area contributed by atoms with E-state index in [1.807, 2.05) is 18.2 Å². The topological polar surface area (TPSA) is 41.1 Å². The Morgan fingerprint density at radius 1 is 1.35 bits per heavy atom. The number of amides is 1. The second-order valence-corrected chi connectivity index (χ2v) is 5.11. The summed E-state index contributed by atoms with van der Waals surface area (Å²) in [7, 11) is 0. The number of carbonyl (C=O) groups excluding carboxylic acids is 1. The van der Waals surface area contributed by atoms with Gasteiger partial charge >= 0.3 is 0 Å². The third-order valence-electron chi connectivity index (χ3n) is 3.49. The molecule has 92 valence electrons. The molecule has 1 aromatic carbocycles. The summed E-state index contributed by atoms with van der Waals surface area (Å²) < 4.78 is 0. The first-order valence-corrected chi connectivity index (χ1v) is 6.20.